The molecule has 0 bridgehead atoms. The van der Waals surface area contributed by atoms with Crippen molar-refractivity contribution in [1.82, 2.24) is 0 Å². The number of nitrogens with zero attached hydrogens (tertiary/aromatic N) is 1. The number of anilines is 2. The van der Waals surface area contributed by atoms with Gasteiger partial charge >= 0.3 is 5.97 Å². The summed E-state index contributed by atoms with van der Waals surface area (Å²) in [6.07, 6.45) is 1.78. The number of benzene rings is 2. The standard InChI is InChI=1S/C23H30N2O4/c1-4-29-22(26)17-7-11-21(12-8-17)25-15-13-20(14-16-25)24-19-9-5-18(6-10-19)23(27-2)28-3/h5-12,20,23-24H,4,13-16H2,1-3H3. The largest absolute Gasteiger partial charge is 0.462 e. The Morgan fingerprint density at radius 1 is 1.03 bits per heavy atom. The van der Waals surface area contributed by atoms with Crippen LogP contribution in [0.3, 0.4) is 0 Å². The fourth-order valence-corrected chi connectivity index (χ4v) is 3.65. The van der Waals surface area contributed by atoms with Crippen LogP contribution in [0.25, 0.3) is 0 Å². The lowest BCUT2D eigenvalue weighted by Crippen LogP contribution is -2.39. The van der Waals surface area contributed by atoms with E-state index in [2.05, 4.69) is 22.3 Å². The summed E-state index contributed by atoms with van der Waals surface area (Å²) >= 11 is 0. The lowest BCUT2D eigenvalue weighted by Gasteiger charge is -2.34. The Hall–Kier alpha value is -2.57. The van der Waals surface area contributed by atoms with Crippen molar-refractivity contribution in [2.45, 2.75) is 32.1 Å². The molecule has 0 saturated carbocycles. The molecule has 0 aromatic heterocycles. The van der Waals surface area contributed by atoms with Crippen LogP contribution in [0.15, 0.2) is 48.5 Å². The first-order chi connectivity index (χ1) is 14.1. The SMILES string of the molecule is CCOC(=O)c1ccc(N2CCC(Nc3ccc(C(OC)OC)cc3)CC2)cc1. The van der Waals surface area contributed by atoms with Gasteiger partial charge in [-0.25, -0.2) is 4.79 Å². The van der Waals surface area contributed by atoms with Crippen LogP contribution in [-0.2, 0) is 14.2 Å². The highest BCUT2D eigenvalue weighted by atomic mass is 16.7. The second-order valence-corrected chi connectivity index (χ2v) is 7.10. The summed E-state index contributed by atoms with van der Waals surface area (Å²) in [5, 5.41) is 3.62. The average molecular weight is 399 g/mol. The van der Waals surface area contributed by atoms with Gasteiger partial charge in [0.2, 0.25) is 0 Å². The number of nitrogens with one attached hydrogen (secondary N) is 1. The zero-order valence-electron chi connectivity index (χ0n) is 17.4. The topological polar surface area (TPSA) is 60.0 Å². The Morgan fingerprint density at radius 3 is 2.21 bits per heavy atom. The normalized spacial score (nSPS) is 14.8. The highest BCUT2D eigenvalue weighted by molar-refractivity contribution is 5.89. The third kappa shape index (κ3) is 5.49. The van der Waals surface area contributed by atoms with E-state index < -0.39 is 0 Å². The monoisotopic (exact) mass is 398 g/mol. The first-order valence-corrected chi connectivity index (χ1v) is 10.1. The second-order valence-electron chi connectivity index (χ2n) is 7.10. The Labute approximate surface area is 172 Å². The minimum atomic E-state index is -0.331. The van der Waals surface area contributed by atoms with Crippen LogP contribution in [0.4, 0.5) is 11.4 Å². The minimum Gasteiger partial charge on any atom is -0.462 e. The van der Waals surface area contributed by atoms with Gasteiger partial charge in [0.1, 0.15) is 0 Å². The minimum absolute atomic E-state index is 0.268. The fraction of sp³-hybridized carbons (Fsp3) is 0.435. The Bertz CT molecular complexity index is 764. The smallest absolute Gasteiger partial charge is 0.338 e. The summed E-state index contributed by atoms with van der Waals surface area (Å²) < 4.78 is 15.6. The summed E-state index contributed by atoms with van der Waals surface area (Å²) in [4.78, 5) is 14.1. The molecule has 2 aromatic carbocycles. The van der Waals surface area contributed by atoms with Crippen molar-refractivity contribution in [3.05, 3.63) is 59.7 Å². The molecule has 3 rings (SSSR count). The lowest BCUT2D eigenvalue weighted by atomic mass is 10.0. The first kappa shape index (κ1) is 21.1. The summed E-state index contributed by atoms with van der Waals surface area (Å²) in [6, 6.07) is 16.3. The van der Waals surface area contributed by atoms with Gasteiger partial charge in [0.25, 0.3) is 0 Å². The molecule has 1 aliphatic rings. The molecular weight excluding hydrogens is 368 g/mol. The molecule has 29 heavy (non-hydrogen) atoms. The maximum absolute atomic E-state index is 11.8. The van der Waals surface area contributed by atoms with E-state index in [4.69, 9.17) is 14.2 Å². The molecule has 6 heteroatoms. The molecular formula is C23H30N2O4. The van der Waals surface area contributed by atoms with Crippen LogP contribution in [-0.4, -0.2) is 45.9 Å². The first-order valence-electron chi connectivity index (χ1n) is 10.1. The number of esters is 1. The van der Waals surface area contributed by atoms with Crippen LogP contribution in [0.1, 0.15) is 42.0 Å². The van der Waals surface area contributed by atoms with Crippen molar-refractivity contribution in [3.8, 4) is 0 Å². The number of carbonyl (C=O) groups excluding carboxylic acids is 1. The number of rotatable bonds is 8. The zero-order chi connectivity index (χ0) is 20.6. The highest BCUT2D eigenvalue weighted by Crippen LogP contribution is 2.24. The molecule has 6 nitrogen and oxygen atoms in total. The van der Waals surface area contributed by atoms with E-state index >= 15 is 0 Å². The molecule has 0 atom stereocenters. The lowest BCUT2D eigenvalue weighted by molar-refractivity contribution is -0.106. The third-order valence-corrected chi connectivity index (χ3v) is 5.22. The van der Waals surface area contributed by atoms with Crippen molar-refractivity contribution in [2.24, 2.45) is 0 Å². The maximum atomic E-state index is 11.8. The van der Waals surface area contributed by atoms with Gasteiger partial charge in [0, 0.05) is 50.3 Å². The third-order valence-electron chi connectivity index (χ3n) is 5.22. The van der Waals surface area contributed by atoms with Crippen LogP contribution >= 0.6 is 0 Å². The van der Waals surface area contributed by atoms with E-state index in [9.17, 15) is 4.79 Å². The highest BCUT2D eigenvalue weighted by Gasteiger charge is 2.20. The van der Waals surface area contributed by atoms with E-state index in [-0.39, 0.29) is 12.3 Å². The number of methoxy groups -OCH3 is 2. The molecule has 0 spiro atoms. The van der Waals surface area contributed by atoms with Crippen LogP contribution in [0, 0.1) is 0 Å². The molecule has 1 saturated heterocycles. The second kappa shape index (κ2) is 10.3. The molecule has 1 N–H and O–H groups in total. The van der Waals surface area contributed by atoms with Gasteiger partial charge < -0.3 is 24.4 Å². The van der Waals surface area contributed by atoms with Crippen molar-refractivity contribution in [2.75, 3.05) is 44.1 Å². The molecule has 1 fully saturated rings. The molecule has 1 aliphatic heterocycles. The van der Waals surface area contributed by atoms with Gasteiger partial charge in [0.05, 0.1) is 12.2 Å². The summed E-state index contributed by atoms with van der Waals surface area (Å²) in [7, 11) is 3.27. The van der Waals surface area contributed by atoms with Gasteiger partial charge in [-0.05, 0) is 56.2 Å². The van der Waals surface area contributed by atoms with Gasteiger partial charge in [-0.2, -0.15) is 0 Å². The quantitative estimate of drug-likeness (QED) is 0.530. The Kier molecular flexibility index (Phi) is 7.49. The van der Waals surface area contributed by atoms with Gasteiger partial charge in [-0.1, -0.05) is 12.1 Å². The molecule has 0 radical (unpaired) electrons. The average Bonchev–Trinajstić information content (AvgIpc) is 2.77. The Morgan fingerprint density at radius 2 is 1.66 bits per heavy atom. The van der Waals surface area contributed by atoms with E-state index in [0.717, 1.165) is 42.9 Å². The van der Waals surface area contributed by atoms with E-state index in [0.29, 0.717) is 18.2 Å². The predicted octanol–water partition coefficient (Wildman–Crippen LogP) is 4.24. The van der Waals surface area contributed by atoms with Crippen molar-refractivity contribution < 1.29 is 19.0 Å². The molecule has 1 heterocycles. The molecule has 156 valence electrons. The molecule has 2 aromatic rings. The van der Waals surface area contributed by atoms with Gasteiger partial charge in [0.15, 0.2) is 6.29 Å². The molecule has 0 amide bonds. The van der Waals surface area contributed by atoms with Crippen LogP contribution in [0.2, 0.25) is 0 Å². The fourth-order valence-electron chi connectivity index (χ4n) is 3.65. The Balaban J connectivity index is 1.51. The van der Waals surface area contributed by atoms with Crippen LogP contribution in [0.5, 0.6) is 0 Å². The number of carbonyl (C=O) groups is 1. The molecule has 0 unspecified atom stereocenters. The zero-order valence-corrected chi connectivity index (χ0v) is 17.4. The number of ether oxygens (including phenoxy) is 3. The van der Waals surface area contributed by atoms with Gasteiger partial charge in [-0.3, -0.25) is 0 Å². The number of hydrogen-bond donors (Lipinski definition) is 1. The summed E-state index contributed by atoms with van der Waals surface area (Å²) in [5.74, 6) is -0.268. The number of hydrogen-bond acceptors (Lipinski definition) is 6. The van der Waals surface area contributed by atoms with Gasteiger partial charge in [-0.15, -0.1) is 0 Å². The number of piperidine rings is 1. The molecule has 0 aliphatic carbocycles. The predicted molar refractivity (Wildman–Crippen MR) is 114 cm³/mol. The van der Waals surface area contributed by atoms with Crippen molar-refractivity contribution >= 4 is 17.3 Å². The van der Waals surface area contributed by atoms with Crippen molar-refractivity contribution in [1.29, 1.82) is 0 Å². The van der Waals surface area contributed by atoms with E-state index in [1.165, 1.54) is 0 Å². The van der Waals surface area contributed by atoms with Crippen LogP contribution < -0.4 is 10.2 Å². The van der Waals surface area contributed by atoms with E-state index in [1.54, 1.807) is 14.2 Å². The van der Waals surface area contributed by atoms with Crippen molar-refractivity contribution in [3.63, 3.8) is 0 Å². The van der Waals surface area contributed by atoms with E-state index in [1.807, 2.05) is 43.3 Å². The maximum Gasteiger partial charge on any atom is 0.338 e. The summed E-state index contributed by atoms with van der Waals surface area (Å²) in [5.41, 5.74) is 3.85. The summed E-state index contributed by atoms with van der Waals surface area (Å²) in [6.45, 7) is 4.16.